The van der Waals surface area contributed by atoms with E-state index in [-0.39, 0.29) is 12.1 Å². The van der Waals surface area contributed by atoms with Crippen molar-refractivity contribution in [2.24, 2.45) is 5.73 Å². The first kappa shape index (κ1) is 11.1. The van der Waals surface area contributed by atoms with Crippen LogP contribution in [0.25, 0.3) is 0 Å². The van der Waals surface area contributed by atoms with Gasteiger partial charge in [0.1, 0.15) is 11.9 Å². The largest absolute Gasteiger partial charge is 0.488 e. The average Bonchev–Trinajstić information content (AvgIpc) is 2.64. The topological polar surface area (TPSA) is 35.2 Å². The standard InChI is InChI=1S/C15H21NO/c1-2-5-13-15(16)12-8-10-6-3-4-7-11(10)9-14(12)17-13/h8-9,13,15H,2-7,16H2,1H3. The molecule has 0 saturated carbocycles. The van der Waals surface area contributed by atoms with Gasteiger partial charge in [-0.25, -0.2) is 0 Å². The summed E-state index contributed by atoms with van der Waals surface area (Å²) in [6.07, 6.45) is 7.44. The number of benzene rings is 1. The average molecular weight is 231 g/mol. The highest BCUT2D eigenvalue weighted by atomic mass is 16.5. The second-order valence-electron chi connectivity index (χ2n) is 5.34. The minimum absolute atomic E-state index is 0.0807. The van der Waals surface area contributed by atoms with Gasteiger partial charge in [0.2, 0.25) is 0 Å². The van der Waals surface area contributed by atoms with Crippen LogP contribution < -0.4 is 10.5 Å². The third kappa shape index (κ3) is 1.85. The van der Waals surface area contributed by atoms with E-state index in [1.807, 2.05) is 0 Å². The monoisotopic (exact) mass is 231 g/mol. The lowest BCUT2D eigenvalue weighted by Gasteiger charge is -2.17. The van der Waals surface area contributed by atoms with Crippen LogP contribution in [0.3, 0.4) is 0 Å². The molecule has 1 aromatic rings. The molecule has 0 aromatic heterocycles. The fourth-order valence-electron chi connectivity index (χ4n) is 3.10. The van der Waals surface area contributed by atoms with Crippen LogP contribution in [0.15, 0.2) is 12.1 Å². The van der Waals surface area contributed by atoms with E-state index in [0.717, 1.165) is 18.6 Å². The Bertz CT molecular complexity index is 427. The van der Waals surface area contributed by atoms with Crippen molar-refractivity contribution in [3.63, 3.8) is 0 Å². The van der Waals surface area contributed by atoms with Gasteiger partial charge in [-0.15, -0.1) is 0 Å². The van der Waals surface area contributed by atoms with Gasteiger partial charge in [0, 0.05) is 5.56 Å². The molecule has 0 bridgehead atoms. The first-order valence-corrected chi connectivity index (χ1v) is 6.87. The van der Waals surface area contributed by atoms with Crippen molar-refractivity contribution in [2.75, 3.05) is 0 Å². The van der Waals surface area contributed by atoms with Crippen LogP contribution >= 0.6 is 0 Å². The van der Waals surface area contributed by atoms with Gasteiger partial charge in [0.25, 0.3) is 0 Å². The fourth-order valence-corrected chi connectivity index (χ4v) is 3.10. The SMILES string of the molecule is CCCC1Oc2cc3c(cc2C1N)CCCC3. The molecule has 1 heterocycles. The third-order valence-electron chi connectivity index (χ3n) is 4.09. The lowest BCUT2D eigenvalue weighted by Crippen LogP contribution is -2.24. The Labute approximate surface area is 103 Å². The van der Waals surface area contributed by atoms with Gasteiger partial charge in [-0.05, 0) is 49.3 Å². The molecule has 2 heteroatoms. The smallest absolute Gasteiger partial charge is 0.125 e. The zero-order chi connectivity index (χ0) is 11.8. The van der Waals surface area contributed by atoms with Crippen molar-refractivity contribution < 1.29 is 4.74 Å². The zero-order valence-electron chi connectivity index (χ0n) is 10.5. The highest BCUT2D eigenvalue weighted by molar-refractivity contribution is 5.48. The summed E-state index contributed by atoms with van der Waals surface area (Å²) in [5, 5.41) is 0. The number of aryl methyl sites for hydroxylation is 2. The zero-order valence-corrected chi connectivity index (χ0v) is 10.5. The van der Waals surface area contributed by atoms with Crippen molar-refractivity contribution in [3.05, 3.63) is 28.8 Å². The van der Waals surface area contributed by atoms with Crippen molar-refractivity contribution in [3.8, 4) is 5.75 Å². The maximum Gasteiger partial charge on any atom is 0.125 e. The molecule has 92 valence electrons. The molecule has 2 unspecified atom stereocenters. The molecule has 0 radical (unpaired) electrons. The third-order valence-corrected chi connectivity index (χ3v) is 4.09. The molecule has 1 aliphatic carbocycles. The Morgan fingerprint density at radius 1 is 1.24 bits per heavy atom. The van der Waals surface area contributed by atoms with Gasteiger partial charge in [-0.1, -0.05) is 19.4 Å². The maximum atomic E-state index is 6.28. The maximum absolute atomic E-state index is 6.28. The minimum Gasteiger partial charge on any atom is -0.488 e. The highest BCUT2D eigenvalue weighted by Crippen LogP contribution is 2.40. The van der Waals surface area contributed by atoms with Gasteiger partial charge in [0.05, 0.1) is 6.04 Å². The van der Waals surface area contributed by atoms with E-state index in [9.17, 15) is 0 Å². The van der Waals surface area contributed by atoms with Crippen LogP contribution in [0, 0.1) is 0 Å². The Balaban J connectivity index is 1.94. The molecule has 3 rings (SSSR count). The molecule has 2 N–H and O–H groups in total. The predicted octanol–water partition coefficient (Wildman–Crippen LogP) is 3.13. The van der Waals surface area contributed by atoms with E-state index in [2.05, 4.69) is 19.1 Å². The lowest BCUT2D eigenvalue weighted by atomic mass is 9.88. The Kier molecular flexibility index (Phi) is 2.83. The summed E-state index contributed by atoms with van der Waals surface area (Å²) >= 11 is 0. The number of hydrogen-bond acceptors (Lipinski definition) is 2. The first-order chi connectivity index (χ1) is 8.29. The van der Waals surface area contributed by atoms with Crippen LogP contribution in [0.1, 0.15) is 55.3 Å². The quantitative estimate of drug-likeness (QED) is 0.848. The number of nitrogens with two attached hydrogens (primary N) is 1. The van der Waals surface area contributed by atoms with E-state index in [1.165, 1.54) is 42.4 Å². The Hall–Kier alpha value is -1.02. The van der Waals surface area contributed by atoms with Gasteiger partial charge in [0.15, 0.2) is 0 Å². The van der Waals surface area contributed by atoms with Crippen molar-refractivity contribution in [1.29, 1.82) is 0 Å². The molecule has 17 heavy (non-hydrogen) atoms. The summed E-state index contributed by atoms with van der Waals surface area (Å²) in [7, 11) is 0. The highest BCUT2D eigenvalue weighted by Gasteiger charge is 2.32. The molecule has 2 nitrogen and oxygen atoms in total. The van der Waals surface area contributed by atoms with E-state index >= 15 is 0 Å². The molecule has 0 fully saturated rings. The van der Waals surface area contributed by atoms with Crippen LogP contribution in [0.4, 0.5) is 0 Å². The summed E-state index contributed by atoms with van der Waals surface area (Å²) in [5.74, 6) is 1.05. The van der Waals surface area contributed by atoms with E-state index < -0.39 is 0 Å². The Morgan fingerprint density at radius 2 is 1.94 bits per heavy atom. The van der Waals surface area contributed by atoms with Crippen LogP contribution in [0.5, 0.6) is 5.75 Å². The lowest BCUT2D eigenvalue weighted by molar-refractivity contribution is 0.194. The molecular formula is C15H21NO. The summed E-state index contributed by atoms with van der Waals surface area (Å²) in [6, 6.07) is 4.64. The fraction of sp³-hybridized carbons (Fsp3) is 0.600. The summed E-state index contributed by atoms with van der Waals surface area (Å²) in [6.45, 7) is 2.18. The molecule has 1 aromatic carbocycles. The van der Waals surface area contributed by atoms with Crippen molar-refractivity contribution >= 4 is 0 Å². The summed E-state index contributed by atoms with van der Waals surface area (Å²) in [5.41, 5.74) is 10.5. The van der Waals surface area contributed by atoms with Gasteiger partial charge in [-0.2, -0.15) is 0 Å². The molecular weight excluding hydrogens is 210 g/mol. The summed E-state index contributed by atoms with van der Waals surface area (Å²) in [4.78, 5) is 0. The van der Waals surface area contributed by atoms with Crippen LogP contribution in [-0.4, -0.2) is 6.10 Å². The molecule has 0 saturated heterocycles. The molecule has 2 aliphatic rings. The molecule has 0 spiro atoms. The van der Waals surface area contributed by atoms with Gasteiger partial charge < -0.3 is 10.5 Å². The van der Waals surface area contributed by atoms with Gasteiger partial charge in [-0.3, -0.25) is 0 Å². The second-order valence-corrected chi connectivity index (χ2v) is 5.34. The number of rotatable bonds is 2. The number of ether oxygens (including phenoxy) is 1. The van der Waals surface area contributed by atoms with Crippen LogP contribution in [-0.2, 0) is 12.8 Å². The number of fused-ring (bicyclic) bond motifs is 2. The van der Waals surface area contributed by atoms with E-state index in [1.54, 1.807) is 0 Å². The normalized spacial score (nSPS) is 26.2. The molecule has 2 atom stereocenters. The summed E-state index contributed by atoms with van der Waals surface area (Å²) < 4.78 is 6.00. The second kappa shape index (κ2) is 4.34. The predicted molar refractivity (Wildman–Crippen MR) is 69.3 cm³/mol. The van der Waals surface area contributed by atoms with E-state index in [0.29, 0.717) is 0 Å². The Morgan fingerprint density at radius 3 is 2.65 bits per heavy atom. The minimum atomic E-state index is 0.0807. The number of hydrogen-bond donors (Lipinski definition) is 1. The van der Waals surface area contributed by atoms with E-state index in [4.69, 9.17) is 10.5 Å². The van der Waals surface area contributed by atoms with Gasteiger partial charge >= 0.3 is 0 Å². The molecule has 0 amide bonds. The first-order valence-electron chi connectivity index (χ1n) is 6.87. The molecule has 1 aliphatic heterocycles. The van der Waals surface area contributed by atoms with Crippen molar-refractivity contribution in [2.45, 2.75) is 57.6 Å². The van der Waals surface area contributed by atoms with Crippen molar-refractivity contribution in [1.82, 2.24) is 0 Å². The van der Waals surface area contributed by atoms with Crippen LogP contribution in [0.2, 0.25) is 0 Å².